The predicted molar refractivity (Wildman–Crippen MR) is 92.0 cm³/mol. The van der Waals surface area contributed by atoms with Crippen LogP contribution in [0.1, 0.15) is 11.1 Å². The van der Waals surface area contributed by atoms with Crippen LogP contribution >= 0.6 is 0 Å². The van der Waals surface area contributed by atoms with E-state index in [1.165, 1.54) is 5.56 Å². The van der Waals surface area contributed by atoms with E-state index in [2.05, 4.69) is 12.1 Å². The smallest absolute Gasteiger partial charge is 0.231 e. The Hall–Kier alpha value is -2.53. The number of hydrogen-bond donors (Lipinski definition) is 1. The quantitative estimate of drug-likeness (QED) is 0.845. The minimum atomic E-state index is 0.0789. The molecule has 0 atom stereocenters. The first-order valence-corrected chi connectivity index (χ1v) is 8.16. The van der Waals surface area contributed by atoms with E-state index in [0.29, 0.717) is 31.8 Å². The largest absolute Gasteiger partial charge is 0.454 e. The highest BCUT2D eigenvalue weighted by atomic mass is 16.7. The minimum absolute atomic E-state index is 0.0789. The molecule has 24 heavy (non-hydrogen) atoms. The first kappa shape index (κ1) is 16.3. The molecule has 0 radical (unpaired) electrons. The molecule has 3 rings (SSSR count). The molecule has 1 aliphatic heterocycles. The Balaban J connectivity index is 1.61. The van der Waals surface area contributed by atoms with Gasteiger partial charge in [0.05, 0.1) is 6.42 Å². The molecule has 0 aromatic heterocycles. The van der Waals surface area contributed by atoms with Crippen molar-refractivity contribution < 1.29 is 14.3 Å². The number of nitrogens with zero attached hydrogens (tertiary/aromatic N) is 1. The molecule has 0 aliphatic carbocycles. The van der Waals surface area contributed by atoms with Crippen LogP contribution in [-0.4, -0.2) is 37.2 Å². The second-order valence-electron chi connectivity index (χ2n) is 5.77. The lowest BCUT2D eigenvalue weighted by Crippen LogP contribution is -2.37. The van der Waals surface area contributed by atoms with Gasteiger partial charge >= 0.3 is 0 Å². The van der Waals surface area contributed by atoms with Gasteiger partial charge in [0, 0.05) is 19.6 Å². The third kappa shape index (κ3) is 4.06. The summed E-state index contributed by atoms with van der Waals surface area (Å²) in [6.45, 7) is 1.94. The highest BCUT2D eigenvalue weighted by Crippen LogP contribution is 2.32. The molecule has 5 nitrogen and oxygen atoms in total. The molecule has 2 aromatic carbocycles. The summed E-state index contributed by atoms with van der Waals surface area (Å²) in [6, 6.07) is 15.8. The summed E-state index contributed by atoms with van der Waals surface area (Å²) in [7, 11) is 0. The lowest BCUT2D eigenvalue weighted by molar-refractivity contribution is -0.130. The molecule has 2 aromatic rings. The molecule has 0 spiro atoms. The van der Waals surface area contributed by atoms with Crippen LogP contribution in [0.5, 0.6) is 11.5 Å². The number of carbonyl (C=O) groups is 1. The van der Waals surface area contributed by atoms with Crippen LogP contribution in [0.25, 0.3) is 0 Å². The van der Waals surface area contributed by atoms with E-state index < -0.39 is 0 Å². The molecule has 2 N–H and O–H groups in total. The van der Waals surface area contributed by atoms with Crippen LogP contribution in [0.4, 0.5) is 0 Å². The average Bonchev–Trinajstić information content (AvgIpc) is 3.07. The van der Waals surface area contributed by atoms with Gasteiger partial charge in [0.2, 0.25) is 12.7 Å². The van der Waals surface area contributed by atoms with E-state index in [-0.39, 0.29) is 12.7 Å². The van der Waals surface area contributed by atoms with E-state index in [9.17, 15) is 4.79 Å². The number of amides is 1. The van der Waals surface area contributed by atoms with E-state index in [1.54, 1.807) is 0 Å². The Kier molecular flexibility index (Phi) is 5.33. The van der Waals surface area contributed by atoms with Crippen LogP contribution in [0.3, 0.4) is 0 Å². The molecule has 126 valence electrons. The Morgan fingerprint density at radius 3 is 2.58 bits per heavy atom. The molecular formula is C19H22N2O3. The summed E-state index contributed by atoms with van der Waals surface area (Å²) in [5.41, 5.74) is 7.81. The van der Waals surface area contributed by atoms with Gasteiger partial charge in [0.25, 0.3) is 0 Å². The molecule has 0 bridgehead atoms. The van der Waals surface area contributed by atoms with Gasteiger partial charge in [-0.1, -0.05) is 36.4 Å². The zero-order valence-corrected chi connectivity index (χ0v) is 13.6. The van der Waals surface area contributed by atoms with Crippen molar-refractivity contribution in [1.82, 2.24) is 4.90 Å². The van der Waals surface area contributed by atoms with Crippen molar-refractivity contribution in [3.05, 3.63) is 59.7 Å². The summed E-state index contributed by atoms with van der Waals surface area (Å²) < 4.78 is 10.7. The normalized spacial score (nSPS) is 12.2. The van der Waals surface area contributed by atoms with Gasteiger partial charge in [-0.05, 0) is 29.7 Å². The monoisotopic (exact) mass is 326 g/mol. The number of hydrogen-bond acceptors (Lipinski definition) is 4. The predicted octanol–water partition coefficient (Wildman–Crippen LogP) is 1.99. The molecule has 1 aliphatic rings. The first-order chi connectivity index (χ1) is 11.8. The van der Waals surface area contributed by atoms with Crippen molar-refractivity contribution in [2.75, 3.05) is 26.4 Å². The Morgan fingerprint density at radius 2 is 1.79 bits per heavy atom. The SMILES string of the molecule is NCCN(CCc1ccccc1)C(=O)Cc1ccc2c(c1)OCO2. The van der Waals surface area contributed by atoms with Gasteiger partial charge < -0.3 is 20.1 Å². The Labute approximate surface area is 142 Å². The third-order valence-corrected chi connectivity index (χ3v) is 4.06. The molecule has 0 saturated heterocycles. The van der Waals surface area contributed by atoms with Gasteiger partial charge in [0.1, 0.15) is 0 Å². The van der Waals surface area contributed by atoms with E-state index in [1.807, 2.05) is 41.3 Å². The molecule has 5 heteroatoms. The first-order valence-electron chi connectivity index (χ1n) is 8.16. The third-order valence-electron chi connectivity index (χ3n) is 4.06. The van der Waals surface area contributed by atoms with Crippen molar-refractivity contribution >= 4 is 5.91 Å². The van der Waals surface area contributed by atoms with Crippen LogP contribution in [0.2, 0.25) is 0 Å². The second kappa shape index (κ2) is 7.84. The number of nitrogens with two attached hydrogens (primary N) is 1. The highest BCUT2D eigenvalue weighted by Gasteiger charge is 2.17. The Morgan fingerprint density at radius 1 is 1.00 bits per heavy atom. The maximum Gasteiger partial charge on any atom is 0.231 e. The minimum Gasteiger partial charge on any atom is -0.454 e. The van der Waals surface area contributed by atoms with Crippen molar-refractivity contribution in [2.45, 2.75) is 12.8 Å². The summed E-state index contributed by atoms with van der Waals surface area (Å²) in [5.74, 6) is 1.51. The standard InChI is InChI=1S/C19H22N2O3/c20-9-11-21(10-8-15-4-2-1-3-5-15)19(22)13-16-6-7-17-18(12-16)24-14-23-17/h1-7,12H,8-11,13-14,20H2. The van der Waals surface area contributed by atoms with E-state index in [4.69, 9.17) is 15.2 Å². The van der Waals surface area contributed by atoms with Gasteiger partial charge in [-0.25, -0.2) is 0 Å². The average molecular weight is 326 g/mol. The second-order valence-corrected chi connectivity index (χ2v) is 5.77. The Bertz CT molecular complexity index is 688. The van der Waals surface area contributed by atoms with Crippen molar-refractivity contribution in [3.63, 3.8) is 0 Å². The molecular weight excluding hydrogens is 304 g/mol. The molecule has 0 saturated carbocycles. The fraction of sp³-hybridized carbons (Fsp3) is 0.316. The van der Waals surface area contributed by atoms with E-state index in [0.717, 1.165) is 17.7 Å². The van der Waals surface area contributed by atoms with Crippen LogP contribution in [-0.2, 0) is 17.6 Å². The maximum absolute atomic E-state index is 12.6. The van der Waals surface area contributed by atoms with Crippen LogP contribution in [0.15, 0.2) is 48.5 Å². The molecule has 0 unspecified atom stereocenters. The lowest BCUT2D eigenvalue weighted by Gasteiger charge is -2.22. The zero-order valence-electron chi connectivity index (χ0n) is 13.6. The number of benzene rings is 2. The maximum atomic E-state index is 12.6. The fourth-order valence-electron chi connectivity index (χ4n) is 2.76. The lowest BCUT2D eigenvalue weighted by atomic mass is 10.1. The van der Waals surface area contributed by atoms with Gasteiger partial charge in [0.15, 0.2) is 11.5 Å². The van der Waals surface area contributed by atoms with Crippen molar-refractivity contribution in [2.24, 2.45) is 5.73 Å². The van der Waals surface area contributed by atoms with Gasteiger partial charge in [-0.2, -0.15) is 0 Å². The number of fused-ring (bicyclic) bond motifs is 1. The molecule has 1 amide bonds. The molecule has 1 heterocycles. The van der Waals surface area contributed by atoms with Gasteiger partial charge in [-0.15, -0.1) is 0 Å². The molecule has 0 fully saturated rings. The number of carbonyl (C=O) groups excluding carboxylic acids is 1. The zero-order chi connectivity index (χ0) is 16.8. The summed E-state index contributed by atoms with van der Waals surface area (Å²) >= 11 is 0. The fourth-order valence-corrected chi connectivity index (χ4v) is 2.76. The van der Waals surface area contributed by atoms with Crippen molar-refractivity contribution in [3.8, 4) is 11.5 Å². The number of ether oxygens (including phenoxy) is 2. The van der Waals surface area contributed by atoms with Gasteiger partial charge in [-0.3, -0.25) is 4.79 Å². The van der Waals surface area contributed by atoms with Crippen LogP contribution < -0.4 is 15.2 Å². The summed E-state index contributed by atoms with van der Waals surface area (Å²) in [6.07, 6.45) is 1.17. The van der Waals surface area contributed by atoms with Crippen molar-refractivity contribution in [1.29, 1.82) is 0 Å². The summed E-state index contributed by atoms with van der Waals surface area (Å²) in [4.78, 5) is 14.5. The topological polar surface area (TPSA) is 64.8 Å². The summed E-state index contributed by atoms with van der Waals surface area (Å²) in [5, 5.41) is 0. The highest BCUT2D eigenvalue weighted by molar-refractivity contribution is 5.79. The van der Waals surface area contributed by atoms with E-state index >= 15 is 0 Å². The van der Waals surface area contributed by atoms with Crippen LogP contribution in [0, 0.1) is 0 Å². The number of rotatable bonds is 7.